The summed E-state index contributed by atoms with van der Waals surface area (Å²) in [6.45, 7) is 5.20. The Hall–Kier alpha value is -3.24. The molecule has 0 spiro atoms. The number of aromatic nitrogens is 1. The number of hydrogen-bond acceptors (Lipinski definition) is 5. The molecule has 8 heteroatoms. The van der Waals surface area contributed by atoms with Crippen LogP contribution in [-0.2, 0) is 16.6 Å². The van der Waals surface area contributed by atoms with Crippen molar-refractivity contribution in [2.45, 2.75) is 13.0 Å². The van der Waals surface area contributed by atoms with E-state index in [4.69, 9.17) is 21.6 Å². The van der Waals surface area contributed by atoms with Gasteiger partial charge in [-0.25, -0.2) is 0 Å². The molecule has 1 heterocycles. The van der Waals surface area contributed by atoms with E-state index in [0.717, 1.165) is 0 Å². The molecule has 1 amide bonds. The molecule has 7 nitrogen and oxygen atoms in total. The van der Waals surface area contributed by atoms with Crippen molar-refractivity contribution in [1.29, 1.82) is 5.26 Å². The number of carbonyl (C=O) groups is 1. The van der Waals surface area contributed by atoms with Gasteiger partial charge in [-0.05, 0) is 31.3 Å². The van der Waals surface area contributed by atoms with Gasteiger partial charge >= 0.3 is 0 Å². The van der Waals surface area contributed by atoms with E-state index in [-0.39, 0.29) is 22.8 Å². The van der Waals surface area contributed by atoms with Gasteiger partial charge in [-0.15, -0.1) is 0 Å². The van der Waals surface area contributed by atoms with E-state index in [1.807, 2.05) is 6.07 Å². The molecule has 142 valence electrons. The molecule has 0 fully saturated rings. The second-order valence-electron chi connectivity index (χ2n) is 5.37. The van der Waals surface area contributed by atoms with Crippen LogP contribution in [0.25, 0.3) is 0 Å². The van der Waals surface area contributed by atoms with Crippen molar-refractivity contribution in [3.63, 3.8) is 0 Å². The SMILES string of the molecule is C=CNC(=O)\C(=C/C=C/C(Cl)=C/OC)C(C)Nc1ccc(C#N)n(C)c1=O. The van der Waals surface area contributed by atoms with Crippen LogP contribution in [-0.4, -0.2) is 23.6 Å². The number of hydrogen-bond donors (Lipinski definition) is 2. The van der Waals surface area contributed by atoms with Gasteiger partial charge in [-0.3, -0.25) is 9.59 Å². The Kier molecular flexibility index (Phi) is 8.63. The smallest absolute Gasteiger partial charge is 0.274 e. The Morgan fingerprint density at radius 1 is 1.48 bits per heavy atom. The third kappa shape index (κ3) is 6.20. The minimum Gasteiger partial charge on any atom is -0.503 e. The van der Waals surface area contributed by atoms with E-state index in [0.29, 0.717) is 10.6 Å². The summed E-state index contributed by atoms with van der Waals surface area (Å²) in [6.07, 6.45) is 7.32. The number of methoxy groups -OCH3 is 1. The predicted octanol–water partition coefficient (Wildman–Crippen LogP) is 2.53. The molecule has 0 aliphatic heterocycles. The van der Waals surface area contributed by atoms with E-state index in [1.54, 1.807) is 25.2 Å². The lowest BCUT2D eigenvalue weighted by Gasteiger charge is -2.18. The molecule has 0 saturated heterocycles. The molecule has 0 saturated carbocycles. The zero-order chi connectivity index (χ0) is 20.4. The Morgan fingerprint density at radius 2 is 2.19 bits per heavy atom. The van der Waals surface area contributed by atoms with Gasteiger partial charge < -0.3 is 19.9 Å². The Bertz CT molecular complexity index is 891. The fourth-order valence-corrected chi connectivity index (χ4v) is 2.32. The molecule has 1 aromatic heterocycles. The van der Waals surface area contributed by atoms with Crippen LogP contribution in [0.2, 0.25) is 0 Å². The summed E-state index contributed by atoms with van der Waals surface area (Å²) in [4.78, 5) is 24.6. The van der Waals surface area contributed by atoms with Gasteiger partial charge in [0.1, 0.15) is 23.7 Å². The lowest BCUT2D eigenvalue weighted by molar-refractivity contribution is -0.116. The zero-order valence-electron chi connectivity index (χ0n) is 15.3. The molecule has 2 N–H and O–H groups in total. The molecule has 1 atom stereocenters. The van der Waals surface area contributed by atoms with Crippen LogP contribution in [0.15, 0.2) is 64.8 Å². The van der Waals surface area contributed by atoms with Crippen LogP contribution >= 0.6 is 11.6 Å². The number of nitrogens with zero attached hydrogens (tertiary/aromatic N) is 2. The zero-order valence-corrected chi connectivity index (χ0v) is 16.1. The van der Waals surface area contributed by atoms with E-state index in [2.05, 4.69) is 17.2 Å². The highest BCUT2D eigenvalue weighted by Gasteiger charge is 2.17. The third-order valence-electron chi connectivity index (χ3n) is 3.51. The van der Waals surface area contributed by atoms with Gasteiger partial charge in [-0.2, -0.15) is 5.26 Å². The molecule has 0 aliphatic carbocycles. The Labute approximate surface area is 162 Å². The van der Waals surface area contributed by atoms with Gasteiger partial charge in [0.2, 0.25) is 0 Å². The monoisotopic (exact) mass is 388 g/mol. The number of allylic oxidation sites excluding steroid dienone is 4. The Balaban J connectivity index is 3.16. The van der Waals surface area contributed by atoms with Crippen molar-refractivity contribution >= 4 is 23.2 Å². The minimum atomic E-state index is -0.514. The van der Waals surface area contributed by atoms with Crippen molar-refractivity contribution in [1.82, 2.24) is 9.88 Å². The van der Waals surface area contributed by atoms with Crippen molar-refractivity contribution in [3.05, 3.63) is 76.1 Å². The summed E-state index contributed by atoms with van der Waals surface area (Å²) in [5, 5.41) is 14.8. The average Bonchev–Trinajstić information content (AvgIpc) is 2.63. The average molecular weight is 389 g/mol. The number of amides is 1. The second kappa shape index (κ2) is 10.7. The summed E-state index contributed by atoms with van der Waals surface area (Å²) < 4.78 is 6.02. The van der Waals surface area contributed by atoms with Gasteiger partial charge in [0.15, 0.2) is 0 Å². The predicted molar refractivity (Wildman–Crippen MR) is 106 cm³/mol. The lowest BCUT2D eigenvalue weighted by Crippen LogP contribution is -2.32. The first-order valence-electron chi connectivity index (χ1n) is 7.90. The molecule has 1 aromatic rings. The van der Waals surface area contributed by atoms with Crippen LogP contribution < -0.4 is 16.2 Å². The molecule has 1 rings (SSSR count). The fourth-order valence-electron chi connectivity index (χ4n) is 2.16. The summed E-state index contributed by atoms with van der Waals surface area (Å²) in [7, 11) is 2.98. The number of nitrogens with one attached hydrogen (secondary N) is 2. The normalized spacial score (nSPS) is 13.0. The van der Waals surface area contributed by atoms with Crippen LogP contribution in [0.1, 0.15) is 12.6 Å². The number of rotatable bonds is 8. The van der Waals surface area contributed by atoms with Crippen LogP contribution in [0.3, 0.4) is 0 Å². The quantitative estimate of drug-likeness (QED) is 0.405. The van der Waals surface area contributed by atoms with E-state index in [1.165, 1.54) is 43.3 Å². The third-order valence-corrected chi connectivity index (χ3v) is 3.73. The number of anilines is 1. The molecular weight excluding hydrogens is 368 g/mol. The van der Waals surface area contributed by atoms with Crippen LogP contribution in [0.4, 0.5) is 5.69 Å². The standard InChI is InChI=1S/C19H21ClN4O3/c1-5-22-18(25)16(8-6-7-14(20)12-27-4)13(2)23-17-10-9-15(11-21)24(3)19(17)26/h5-10,12-13,23H,1H2,2-4H3,(H,22,25)/b7-6+,14-12-,16-8-. The minimum absolute atomic E-state index is 0.237. The van der Waals surface area contributed by atoms with Gasteiger partial charge in [0, 0.05) is 12.6 Å². The highest BCUT2D eigenvalue weighted by molar-refractivity contribution is 6.31. The van der Waals surface area contributed by atoms with Gasteiger partial charge in [0.05, 0.1) is 18.2 Å². The number of ether oxygens (including phenoxy) is 1. The van der Waals surface area contributed by atoms with Crippen LogP contribution in [0.5, 0.6) is 0 Å². The number of nitriles is 1. The van der Waals surface area contributed by atoms with Crippen LogP contribution in [0, 0.1) is 11.3 Å². The van der Waals surface area contributed by atoms with Crippen molar-refractivity contribution in [2.75, 3.05) is 12.4 Å². The number of halogens is 1. The Morgan fingerprint density at radius 3 is 2.78 bits per heavy atom. The molecule has 1 unspecified atom stereocenters. The first-order valence-corrected chi connectivity index (χ1v) is 8.28. The first kappa shape index (κ1) is 21.8. The van der Waals surface area contributed by atoms with E-state index < -0.39 is 6.04 Å². The van der Waals surface area contributed by atoms with Crippen molar-refractivity contribution < 1.29 is 9.53 Å². The highest BCUT2D eigenvalue weighted by Crippen LogP contribution is 2.12. The van der Waals surface area contributed by atoms with Crippen molar-refractivity contribution in [2.24, 2.45) is 7.05 Å². The molecule has 0 radical (unpaired) electrons. The lowest BCUT2D eigenvalue weighted by atomic mass is 10.1. The van der Waals surface area contributed by atoms with Gasteiger partial charge in [-0.1, -0.05) is 30.3 Å². The maximum Gasteiger partial charge on any atom is 0.274 e. The summed E-state index contributed by atoms with van der Waals surface area (Å²) in [5.74, 6) is -0.382. The molecule has 0 aliphatic rings. The first-order chi connectivity index (χ1) is 12.8. The molecule has 27 heavy (non-hydrogen) atoms. The van der Waals surface area contributed by atoms with Crippen molar-refractivity contribution in [3.8, 4) is 6.07 Å². The maximum atomic E-state index is 12.3. The van der Waals surface area contributed by atoms with E-state index in [9.17, 15) is 9.59 Å². The van der Waals surface area contributed by atoms with Gasteiger partial charge in [0.25, 0.3) is 11.5 Å². The number of carbonyl (C=O) groups excluding carboxylic acids is 1. The summed E-state index contributed by atoms with van der Waals surface area (Å²) in [6, 6.07) is 4.46. The largest absolute Gasteiger partial charge is 0.503 e. The maximum absolute atomic E-state index is 12.3. The molecular formula is C19H21ClN4O3. The summed E-state index contributed by atoms with van der Waals surface area (Å²) >= 11 is 5.90. The summed E-state index contributed by atoms with van der Waals surface area (Å²) in [5.41, 5.74) is 0.480. The second-order valence-corrected chi connectivity index (χ2v) is 5.81. The molecule has 0 aromatic carbocycles. The van der Waals surface area contributed by atoms with E-state index >= 15 is 0 Å². The highest BCUT2D eigenvalue weighted by atomic mass is 35.5. The fraction of sp³-hybridized carbons (Fsp3) is 0.211. The molecule has 0 bridgehead atoms. The number of pyridine rings is 1. The topological polar surface area (TPSA) is 96.2 Å².